The van der Waals surface area contributed by atoms with Gasteiger partial charge in [0.05, 0.1) is 19.0 Å². The fraction of sp³-hybridized carbons (Fsp3) is 0.846. The van der Waals surface area contributed by atoms with Crippen molar-refractivity contribution < 1.29 is 4.79 Å². The summed E-state index contributed by atoms with van der Waals surface area (Å²) in [5.41, 5.74) is 0.396. The molecule has 2 N–H and O–H groups in total. The van der Waals surface area contributed by atoms with Crippen LogP contribution in [0, 0.1) is 16.7 Å². The van der Waals surface area contributed by atoms with Crippen LogP contribution in [0.4, 0.5) is 0 Å². The lowest BCUT2D eigenvalue weighted by atomic mass is 9.75. The van der Waals surface area contributed by atoms with E-state index in [0.29, 0.717) is 31.0 Å². The summed E-state index contributed by atoms with van der Waals surface area (Å²) in [6.07, 6.45) is 5.19. The summed E-state index contributed by atoms with van der Waals surface area (Å²) in [7, 11) is 0. The second-order valence-electron chi connectivity index (χ2n) is 5.60. The van der Waals surface area contributed by atoms with Crippen molar-refractivity contribution in [1.82, 2.24) is 10.6 Å². The van der Waals surface area contributed by atoms with Crippen LogP contribution in [-0.2, 0) is 4.79 Å². The number of nitrogens with zero attached hydrogens (tertiary/aromatic N) is 1. The zero-order chi connectivity index (χ0) is 12.7. The van der Waals surface area contributed by atoms with Gasteiger partial charge in [0.25, 0.3) is 0 Å². The summed E-state index contributed by atoms with van der Waals surface area (Å²) in [5, 5.41) is 14.4. The molecule has 0 aliphatic heterocycles. The highest BCUT2D eigenvalue weighted by molar-refractivity contribution is 5.77. The second-order valence-corrected chi connectivity index (χ2v) is 5.60. The van der Waals surface area contributed by atoms with E-state index in [9.17, 15) is 4.79 Å². The molecule has 0 saturated heterocycles. The number of hydrogen-bond donors (Lipinski definition) is 2. The molecule has 1 aliphatic carbocycles. The largest absolute Gasteiger partial charge is 0.354 e. The van der Waals surface area contributed by atoms with E-state index >= 15 is 0 Å². The van der Waals surface area contributed by atoms with Gasteiger partial charge in [-0.15, -0.1) is 0 Å². The summed E-state index contributed by atoms with van der Waals surface area (Å²) in [6, 6.07) is 2.46. The molecule has 0 aromatic rings. The first-order valence-electron chi connectivity index (χ1n) is 6.40. The van der Waals surface area contributed by atoms with Crippen molar-refractivity contribution in [3.63, 3.8) is 0 Å². The van der Waals surface area contributed by atoms with Gasteiger partial charge in [-0.05, 0) is 24.7 Å². The lowest BCUT2D eigenvalue weighted by molar-refractivity contribution is -0.120. The molecule has 96 valence electrons. The van der Waals surface area contributed by atoms with Crippen LogP contribution in [0.1, 0.15) is 46.0 Å². The molecule has 4 heteroatoms. The Hall–Kier alpha value is -1.08. The van der Waals surface area contributed by atoms with Crippen molar-refractivity contribution in [3.05, 3.63) is 0 Å². The highest BCUT2D eigenvalue weighted by atomic mass is 16.1. The summed E-state index contributed by atoms with van der Waals surface area (Å²) in [5.74, 6) is -0.0105. The van der Waals surface area contributed by atoms with Gasteiger partial charge in [0.15, 0.2) is 0 Å². The topological polar surface area (TPSA) is 64.9 Å². The molecule has 0 aromatic heterocycles. The van der Waals surface area contributed by atoms with Crippen LogP contribution < -0.4 is 10.6 Å². The summed E-state index contributed by atoms with van der Waals surface area (Å²) in [6.45, 7) is 5.39. The Morgan fingerprint density at radius 3 is 2.94 bits per heavy atom. The third-order valence-electron chi connectivity index (χ3n) is 3.32. The molecule has 0 aromatic carbocycles. The van der Waals surface area contributed by atoms with E-state index in [0.717, 1.165) is 12.8 Å². The molecule has 1 rings (SSSR count). The fourth-order valence-electron chi connectivity index (χ4n) is 2.43. The number of hydrogen-bond acceptors (Lipinski definition) is 3. The van der Waals surface area contributed by atoms with Gasteiger partial charge in [-0.25, -0.2) is 0 Å². The molecule has 1 amide bonds. The minimum Gasteiger partial charge on any atom is -0.354 e. The molecule has 1 unspecified atom stereocenters. The Bertz CT molecular complexity index is 294. The number of rotatable bonds is 5. The maximum atomic E-state index is 11.4. The van der Waals surface area contributed by atoms with Crippen molar-refractivity contribution in [2.24, 2.45) is 5.41 Å². The number of nitriles is 1. The second kappa shape index (κ2) is 6.61. The number of nitrogens with one attached hydrogen (secondary N) is 2. The van der Waals surface area contributed by atoms with Crippen LogP contribution in [0.15, 0.2) is 0 Å². The maximum Gasteiger partial charge on any atom is 0.233 e. The van der Waals surface area contributed by atoms with Crippen LogP contribution in [0.3, 0.4) is 0 Å². The smallest absolute Gasteiger partial charge is 0.233 e. The molecule has 1 atom stereocenters. The van der Waals surface area contributed by atoms with Gasteiger partial charge >= 0.3 is 0 Å². The Morgan fingerprint density at radius 2 is 2.29 bits per heavy atom. The van der Waals surface area contributed by atoms with E-state index < -0.39 is 0 Å². The van der Waals surface area contributed by atoms with Gasteiger partial charge in [0.2, 0.25) is 5.91 Å². The van der Waals surface area contributed by atoms with Crippen LogP contribution in [0.25, 0.3) is 0 Å². The van der Waals surface area contributed by atoms with Crippen LogP contribution >= 0.6 is 0 Å². The van der Waals surface area contributed by atoms with Gasteiger partial charge < -0.3 is 10.6 Å². The SMILES string of the molecule is CC1(C)CCCC(NCC(=O)NCCC#N)C1. The van der Waals surface area contributed by atoms with Crippen molar-refractivity contribution in [2.75, 3.05) is 13.1 Å². The minimum absolute atomic E-state index is 0.0105. The first-order chi connectivity index (χ1) is 8.03. The molecule has 1 fully saturated rings. The molecule has 0 radical (unpaired) electrons. The molecule has 17 heavy (non-hydrogen) atoms. The van der Waals surface area contributed by atoms with E-state index in [1.807, 2.05) is 6.07 Å². The van der Waals surface area contributed by atoms with Gasteiger partial charge in [-0.3, -0.25) is 4.79 Å². The quantitative estimate of drug-likeness (QED) is 0.713. The molecule has 0 spiro atoms. The predicted molar refractivity (Wildman–Crippen MR) is 67.3 cm³/mol. The molecular formula is C13H23N3O. The molecule has 1 saturated carbocycles. The van der Waals surface area contributed by atoms with E-state index in [-0.39, 0.29) is 5.91 Å². The fourth-order valence-corrected chi connectivity index (χ4v) is 2.43. The average Bonchev–Trinajstić information content (AvgIpc) is 2.25. The van der Waals surface area contributed by atoms with E-state index in [2.05, 4.69) is 24.5 Å². The van der Waals surface area contributed by atoms with Crippen LogP contribution in [0.2, 0.25) is 0 Å². The maximum absolute atomic E-state index is 11.4. The lowest BCUT2D eigenvalue weighted by Crippen LogP contribution is -2.42. The summed E-state index contributed by atoms with van der Waals surface area (Å²) >= 11 is 0. The zero-order valence-corrected chi connectivity index (χ0v) is 10.9. The van der Waals surface area contributed by atoms with E-state index in [1.54, 1.807) is 0 Å². The highest BCUT2D eigenvalue weighted by Gasteiger charge is 2.27. The Labute approximate surface area is 104 Å². The number of amides is 1. The average molecular weight is 237 g/mol. The standard InChI is InChI=1S/C13H23N3O/c1-13(2)6-3-5-11(9-13)16-10-12(17)15-8-4-7-14/h11,16H,3-6,8-10H2,1-2H3,(H,15,17). The summed E-state index contributed by atoms with van der Waals surface area (Å²) < 4.78 is 0. The zero-order valence-electron chi connectivity index (χ0n) is 10.9. The first-order valence-corrected chi connectivity index (χ1v) is 6.40. The van der Waals surface area contributed by atoms with Gasteiger partial charge in [0, 0.05) is 12.6 Å². The third-order valence-corrected chi connectivity index (χ3v) is 3.32. The van der Waals surface area contributed by atoms with Crippen molar-refractivity contribution in [3.8, 4) is 6.07 Å². The normalized spacial score (nSPS) is 22.8. The van der Waals surface area contributed by atoms with E-state index in [4.69, 9.17) is 5.26 Å². The van der Waals surface area contributed by atoms with Crippen molar-refractivity contribution in [2.45, 2.75) is 52.0 Å². The monoisotopic (exact) mass is 237 g/mol. The van der Waals surface area contributed by atoms with Gasteiger partial charge in [-0.2, -0.15) is 5.26 Å². The van der Waals surface area contributed by atoms with Crippen molar-refractivity contribution >= 4 is 5.91 Å². The van der Waals surface area contributed by atoms with Crippen LogP contribution in [0.5, 0.6) is 0 Å². The molecule has 4 nitrogen and oxygen atoms in total. The minimum atomic E-state index is -0.0105. The number of carbonyl (C=O) groups excluding carboxylic acids is 1. The number of carbonyl (C=O) groups is 1. The van der Waals surface area contributed by atoms with Gasteiger partial charge in [-0.1, -0.05) is 20.3 Å². The molecule has 0 bridgehead atoms. The summed E-state index contributed by atoms with van der Waals surface area (Å²) in [4.78, 5) is 11.4. The first kappa shape index (κ1) is 14.0. The van der Waals surface area contributed by atoms with Crippen molar-refractivity contribution in [1.29, 1.82) is 5.26 Å². The Balaban J connectivity index is 2.17. The molecular weight excluding hydrogens is 214 g/mol. The Kier molecular flexibility index (Phi) is 5.43. The lowest BCUT2D eigenvalue weighted by Gasteiger charge is -2.35. The predicted octanol–water partition coefficient (Wildman–Crippen LogP) is 1.57. The molecule has 1 aliphatic rings. The Morgan fingerprint density at radius 1 is 1.53 bits per heavy atom. The van der Waals surface area contributed by atoms with E-state index in [1.165, 1.54) is 12.8 Å². The molecule has 0 heterocycles. The third kappa shape index (κ3) is 5.69. The van der Waals surface area contributed by atoms with Gasteiger partial charge in [0.1, 0.15) is 0 Å². The highest BCUT2D eigenvalue weighted by Crippen LogP contribution is 2.34. The van der Waals surface area contributed by atoms with Crippen LogP contribution in [-0.4, -0.2) is 25.0 Å².